The maximum atomic E-state index is 13.9. The normalized spacial score (nSPS) is 14.1. The molecule has 1 aromatic rings. The van der Waals surface area contributed by atoms with Gasteiger partial charge in [0.1, 0.15) is 0 Å². The van der Waals surface area contributed by atoms with Gasteiger partial charge in [0.05, 0.1) is 0 Å². The molecule has 0 aliphatic carbocycles. The fourth-order valence-electron chi connectivity index (χ4n) is 3.14. The number of aromatic nitrogens is 3. The molecular weight excluding hydrogens is 654 g/mol. The summed E-state index contributed by atoms with van der Waals surface area (Å²) in [5.41, 5.74) is -7.03. The monoisotopic (exact) mass is 681 g/mol. The summed E-state index contributed by atoms with van der Waals surface area (Å²) >= 11 is 0. The molecule has 258 valence electrons. The number of hydrogen-bond acceptors (Lipinski definition) is 18. The molecule has 0 aromatic carbocycles. The van der Waals surface area contributed by atoms with E-state index in [9.17, 15) is 58.5 Å². The Labute approximate surface area is 267 Å². The van der Waals surface area contributed by atoms with E-state index in [1.807, 2.05) is 0 Å². The number of carbonyl (C=O) groups excluding carboxylic acids is 6. The average Bonchev–Trinajstić information content (AvgIpc) is 3.04. The molecule has 0 saturated carbocycles. The van der Waals surface area contributed by atoms with Gasteiger partial charge in [0.25, 0.3) is 0 Å². The largest absolute Gasteiger partial charge is 0.453 e. The quantitative estimate of drug-likeness (QED) is 0.0583. The lowest BCUT2D eigenvalue weighted by Crippen LogP contribution is -2.70. The Balaban J connectivity index is 4.68. The number of ether oxygens (including phenoxy) is 6. The smallest absolute Gasteiger partial charge is 0.347 e. The SMILES string of the molecule is C=CC(=O)OCC(O)(OC(=O)C=C)n1c(=O)n(C(O)(COC(=O)C=C)OC(=O)C=C)c(=O)n(C(O)(COC(=O)C=C)OC(=O)C=C)c1=O. The number of esters is 6. The Hall–Kier alpha value is -6.45. The van der Waals surface area contributed by atoms with E-state index in [4.69, 9.17) is 0 Å². The van der Waals surface area contributed by atoms with Gasteiger partial charge in [-0.15, -0.1) is 0 Å². The lowest BCUT2D eigenvalue weighted by Gasteiger charge is -2.34. The Bertz CT molecular complexity index is 1520. The van der Waals surface area contributed by atoms with Crippen molar-refractivity contribution in [2.24, 2.45) is 0 Å². The van der Waals surface area contributed by atoms with Crippen molar-refractivity contribution in [1.82, 2.24) is 13.7 Å². The summed E-state index contributed by atoms with van der Waals surface area (Å²) < 4.78 is 25.6. The second kappa shape index (κ2) is 16.2. The molecule has 0 bridgehead atoms. The van der Waals surface area contributed by atoms with E-state index >= 15 is 0 Å². The van der Waals surface area contributed by atoms with Crippen molar-refractivity contribution in [2.45, 2.75) is 17.7 Å². The maximum Gasteiger partial charge on any atom is 0.347 e. The highest BCUT2D eigenvalue weighted by Gasteiger charge is 2.50. The molecule has 0 saturated heterocycles. The zero-order valence-corrected chi connectivity index (χ0v) is 24.6. The predicted octanol–water partition coefficient (Wildman–Crippen LogP) is -3.65. The van der Waals surface area contributed by atoms with Gasteiger partial charge in [-0.3, -0.25) is 0 Å². The minimum Gasteiger partial charge on any atom is -0.453 e. The molecule has 48 heavy (non-hydrogen) atoms. The van der Waals surface area contributed by atoms with Crippen LogP contribution in [0.15, 0.2) is 90.3 Å². The standard InChI is InChI=1S/C27H27N3O18/c1-7-16(31)43-13-25(40,46-19(34)10-4)28-22(37)29(26(41,47-20(35)11-5)14-44-17(32)8-2)24(39)30(23(28)38)27(42,48-21(36)12-6)15-45-18(33)9-3/h7-12,40-42H,1-6,13-15H2. The average molecular weight is 682 g/mol. The van der Waals surface area contributed by atoms with Crippen LogP contribution in [0.25, 0.3) is 0 Å². The first-order valence-corrected chi connectivity index (χ1v) is 12.5. The molecule has 0 radical (unpaired) electrons. The molecule has 3 unspecified atom stereocenters. The van der Waals surface area contributed by atoms with E-state index in [1.165, 1.54) is 0 Å². The van der Waals surface area contributed by atoms with Crippen molar-refractivity contribution >= 4 is 35.8 Å². The van der Waals surface area contributed by atoms with Crippen LogP contribution in [0.2, 0.25) is 0 Å². The summed E-state index contributed by atoms with van der Waals surface area (Å²) in [5.74, 6) is -20.9. The molecule has 1 aromatic heterocycles. The van der Waals surface area contributed by atoms with Gasteiger partial charge in [0.2, 0.25) is 0 Å². The first kappa shape index (κ1) is 39.6. The molecule has 21 nitrogen and oxygen atoms in total. The van der Waals surface area contributed by atoms with Crippen molar-refractivity contribution < 1.29 is 72.5 Å². The Kier molecular flexibility index (Phi) is 13.4. The number of carbonyl (C=O) groups is 6. The van der Waals surface area contributed by atoms with Gasteiger partial charge in [0, 0.05) is 36.5 Å². The number of aliphatic hydroxyl groups is 3. The zero-order chi connectivity index (χ0) is 37.0. The van der Waals surface area contributed by atoms with Gasteiger partial charge in [-0.05, 0) is 0 Å². The van der Waals surface area contributed by atoms with Crippen LogP contribution in [-0.2, 0) is 74.9 Å². The van der Waals surface area contributed by atoms with Crippen molar-refractivity contribution in [3.63, 3.8) is 0 Å². The van der Waals surface area contributed by atoms with Gasteiger partial charge in [0.15, 0.2) is 19.8 Å². The lowest BCUT2D eigenvalue weighted by atomic mass is 10.4. The van der Waals surface area contributed by atoms with Crippen molar-refractivity contribution in [1.29, 1.82) is 0 Å². The van der Waals surface area contributed by atoms with Gasteiger partial charge in [-0.2, -0.15) is 13.7 Å². The molecule has 3 atom stereocenters. The Morgan fingerprint density at radius 3 is 0.812 bits per heavy atom. The van der Waals surface area contributed by atoms with E-state index in [0.717, 1.165) is 0 Å². The van der Waals surface area contributed by atoms with E-state index in [0.29, 0.717) is 36.5 Å². The summed E-state index contributed by atoms with van der Waals surface area (Å²) in [5, 5.41) is 34.1. The van der Waals surface area contributed by atoms with Crippen LogP contribution in [0.5, 0.6) is 0 Å². The Morgan fingerprint density at radius 1 is 0.458 bits per heavy atom. The third kappa shape index (κ3) is 9.06. The first-order valence-electron chi connectivity index (χ1n) is 12.5. The van der Waals surface area contributed by atoms with Crippen LogP contribution >= 0.6 is 0 Å². The minimum absolute atomic E-state index is 0.355. The summed E-state index contributed by atoms with van der Waals surface area (Å²) in [7, 11) is 0. The molecule has 0 spiro atoms. The predicted molar refractivity (Wildman–Crippen MR) is 152 cm³/mol. The molecule has 21 heteroatoms. The van der Waals surface area contributed by atoms with Gasteiger partial charge in [-0.25, -0.2) is 43.2 Å². The van der Waals surface area contributed by atoms with Crippen LogP contribution in [0.1, 0.15) is 0 Å². The maximum absolute atomic E-state index is 13.9. The van der Waals surface area contributed by atoms with Gasteiger partial charge in [-0.1, -0.05) is 39.5 Å². The highest BCUT2D eigenvalue weighted by molar-refractivity contribution is 5.83. The molecule has 0 aliphatic rings. The molecule has 0 aliphatic heterocycles. The molecule has 1 rings (SSSR count). The molecule has 0 fully saturated rings. The topological polar surface area (TPSA) is 284 Å². The highest BCUT2D eigenvalue weighted by atomic mass is 16.7. The van der Waals surface area contributed by atoms with Crippen LogP contribution in [0.3, 0.4) is 0 Å². The molecule has 3 N–H and O–H groups in total. The molecule has 0 amide bonds. The van der Waals surface area contributed by atoms with Crippen LogP contribution in [-0.4, -0.2) is 84.7 Å². The fraction of sp³-hybridized carbons (Fsp3) is 0.222. The lowest BCUT2D eigenvalue weighted by molar-refractivity contribution is -0.296. The third-order valence-corrected chi connectivity index (χ3v) is 5.20. The Morgan fingerprint density at radius 2 is 0.646 bits per heavy atom. The zero-order valence-electron chi connectivity index (χ0n) is 24.6. The third-order valence-electron chi connectivity index (χ3n) is 5.20. The first-order chi connectivity index (χ1) is 22.3. The van der Waals surface area contributed by atoms with Crippen molar-refractivity contribution in [3.05, 3.63) is 107 Å². The van der Waals surface area contributed by atoms with E-state index in [1.54, 1.807) is 0 Å². The number of nitrogens with zero attached hydrogens (tertiary/aromatic N) is 3. The summed E-state index contributed by atoms with van der Waals surface area (Å²) in [4.78, 5) is 114. The second-order valence-corrected chi connectivity index (χ2v) is 8.39. The summed E-state index contributed by atoms with van der Waals surface area (Å²) in [6.45, 7) is 13.2. The van der Waals surface area contributed by atoms with E-state index < -0.39 is 104 Å². The van der Waals surface area contributed by atoms with Crippen LogP contribution < -0.4 is 17.1 Å². The number of rotatable bonds is 18. The fourth-order valence-corrected chi connectivity index (χ4v) is 3.14. The van der Waals surface area contributed by atoms with Crippen molar-refractivity contribution in [3.8, 4) is 0 Å². The van der Waals surface area contributed by atoms with Gasteiger partial charge < -0.3 is 43.7 Å². The summed E-state index contributed by atoms with van der Waals surface area (Å²) in [6, 6.07) is 0. The van der Waals surface area contributed by atoms with Crippen LogP contribution in [0, 0.1) is 0 Å². The summed E-state index contributed by atoms with van der Waals surface area (Å²) in [6.07, 6.45) is 2.57. The van der Waals surface area contributed by atoms with Gasteiger partial charge >= 0.3 is 70.6 Å². The number of hydrogen-bond donors (Lipinski definition) is 3. The second-order valence-electron chi connectivity index (χ2n) is 8.39. The van der Waals surface area contributed by atoms with Crippen LogP contribution in [0.4, 0.5) is 0 Å². The van der Waals surface area contributed by atoms with E-state index in [-0.39, 0.29) is 0 Å². The molecule has 1 heterocycles. The van der Waals surface area contributed by atoms with E-state index in [2.05, 4.69) is 67.9 Å². The van der Waals surface area contributed by atoms with Crippen molar-refractivity contribution in [2.75, 3.05) is 19.8 Å². The highest BCUT2D eigenvalue weighted by Crippen LogP contribution is 2.19. The molecular formula is C27H27N3O18. The minimum atomic E-state index is -3.91.